The average Bonchev–Trinajstić information content (AvgIpc) is 3.35. The molecule has 2 aromatic rings. The van der Waals surface area contributed by atoms with Crippen LogP contribution in [0.15, 0.2) is 48.8 Å². The Kier molecular flexibility index (Phi) is 7.38. The number of pyridine rings is 1. The third-order valence-corrected chi connectivity index (χ3v) is 7.48. The fourth-order valence-electron chi connectivity index (χ4n) is 5.43. The van der Waals surface area contributed by atoms with Gasteiger partial charge in [0.25, 0.3) is 0 Å². The van der Waals surface area contributed by atoms with Crippen molar-refractivity contribution in [1.29, 1.82) is 0 Å². The minimum absolute atomic E-state index is 0.00697. The third-order valence-electron chi connectivity index (χ3n) is 7.48. The van der Waals surface area contributed by atoms with E-state index in [9.17, 15) is 14.0 Å². The van der Waals surface area contributed by atoms with Gasteiger partial charge in [-0.2, -0.15) is 0 Å². The summed E-state index contributed by atoms with van der Waals surface area (Å²) < 4.78 is 13.4. The van der Waals surface area contributed by atoms with Crippen molar-refractivity contribution in [1.82, 2.24) is 10.3 Å². The van der Waals surface area contributed by atoms with Gasteiger partial charge in [-0.25, -0.2) is 4.39 Å². The van der Waals surface area contributed by atoms with Crippen molar-refractivity contribution < 1.29 is 14.0 Å². The van der Waals surface area contributed by atoms with E-state index in [4.69, 9.17) is 5.73 Å². The zero-order valence-corrected chi connectivity index (χ0v) is 18.9. The second kappa shape index (κ2) is 10.4. The molecule has 4 rings (SSSR count). The second-order valence-corrected chi connectivity index (χ2v) is 9.51. The fraction of sp³-hybridized carbons (Fsp3) is 0.500. The maximum atomic E-state index is 13.4. The molecule has 0 aliphatic heterocycles. The molecule has 2 aliphatic carbocycles. The quantitative estimate of drug-likeness (QED) is 0.593. The minimum atomic E-state index is -0.587. The molecule has 0 saturated heterocycles. The van der Waals surface area contributed by atoms with Gasteiger partial charge in [-0.05, 0) is 74.3 Å². The number of anilines is 1. The number of nitrogens with two attached hydrogens (primary N) is 1. The van der Waals surface area contributed by atoms with Crippen molar-refractivity contribution in [2.45, 2.75) is 62.8 Å². The van der Waals surface area contributed by atoms with E-state index in [1.807, 2.05) is 0 Å². The van der Waals surface area contributed by atoms with Crippen molar-refractivity contribution >= 4 is 17.5 Å². The predicted octanol–water partition coefficient (Wildman–Crippen LogP) is 3.92. The van der Waals surface area contributed by atoms with Crippen LogP contribution in [0.25, 0.3) is 0 Å². The largest absolute Gasteiger partial charge is 0.354 e. The molecule has 2 aliphatic rings. The standard InChI is InChI=1S/C26H33FN4O2/c27-21-9-7-20(8-10-21)26(13-1-2-14-26)25(33)30-17-23(28)18-3-5-19(6-4-18)24(32)31-22-11-15-29-16-12-22/h7-12,15-16,18-19,23H,1-6,13-14,17,28H2,(H,30,33)(H,29,31,32). The highest BCUT2D eigenvalue weighted by atomic mass is 19.1. The molecule has 2 fully saturated rings. The molecule has 1 aromatic heterocycles. The summed E-state index contributed by atoms with van der Waals surface area (Å²) in [7, 11) is 0. The van der Waals surface area contributed by atoms with E-state index in [0.717, 1.165) is 62.6 Å². The van der Waals surface area contributed by atoms with Gasteiger partial charge in [0.1, 0.15) is 5.82 Å². The lowest BCUT2D eigenvalue weighted by atomic mass is 9.77. The Morgan fingerprint density at radius 2 is 1.67 bits per heavy atom. The number of nitrogens with one attached hydrogen (secondary N) is 2. The molecule has 1 atom stereocenters. The monoisotopic (exact) mass is 452 g/mol. The van der Waals surface area contributed by atoms with Gasteiger partial charge in [-0.15, -0.1) is 0 Å². The van der Waals surface area contributed by atoms with Crippen LogP contribution in [-0.4, -0.2) is 29.4 Å². The minimum Gasteiger partial charge on any atom is -0.354 e. The molecular weight excluding hydrogens is 419 g/mol. The van der Waals surface area contributed by atoms with Crippen LogP contribution in [0.5, 0.6) is 0 Å². The lowest BCUT2D eigenvalue weighted by molar-refractivity contribution is -0.126. The third kappa shape index (κ3) is 5.41. The van der Waals surface area contributed by atoms with Crippen LogP contribution in [0.4, 0.5) is 10.1 Å². The zero-order valence-electron chi connectivity index (χ0n) is 18.9. The molecule has 7 heteroatoms. The first kappa shape index (κ1) is 23.4. The van der Waals surface area contributed by atoms with Gasteiger partial charge in [0.05, 0.1) is 5.41 Å². The number of halogens is 1. The highest BCUT2D eigenvalue weighted by molar-refractivity contribution is 5.92. The molecule has 2 amide bonds. The van der Waals surface area contributed by atoms with Crippen molar-refractivity contribution in [3.05, 3.63) is 60.2 Å². The van der Waals surface area contributed by atoms with Crippen LogP contribution in [-0.2, 0) is 15.0 Å². The average molecular weight is 453 g/mol. The molecule has 176 valence electrons. The fourth-order valence-corrected chi connectivity index (χ4v) is 5.43. The number of amides is 2. The number of benzene rings is 1. The van der Waals surface area contributed by atoms with E-state index in [1.54, 1.807) is 36.7 Å². The van der Waals surface area contributed by atoms with Gasteiger partial charge in [0.15, 0.2) is 0 Å². The summed E-state index contributed by atoms with van der Waals surface area (Å²) in [6, 6.07) is 9.74. The van der Waals surface area contributed by atoms with Crippen LogP contribution < -0.4 is 16.4 Å². The van der Waals surface area contributed by atoms with E-state index in [-0.39, 0.29) is 35.5 Å². The van der Waals surface area contributed by atoms with Gasteiger partial charge in [-0.1, -0.05) is 25.0 Å². The van der Waals surface area contributed by atoms with E-state index >= 15 is 0 Å². The van der Waals surface area contributed by atoms with Crippen LogP contribution >= 0.6 is 0 Å². The summed E-state index contributed by atoms with van der Waals surface area (Å²) in [5.41, 5.74) is 7.53. The van der Waals surface area contributed by atoms with Crippen molar-refractivity contribution in [3.8, 4) is 0 Å². The Bertz CT molecular complexity index is 937. The molecule has 0 spiro atoms. The second-order valence-electron chi connectivity index (χ2n) is 9.51. The molecule has 1 aromatic carbocycles. The van der Waals surface area contributed by atoms with E-state index in [0.29, 0.717) is 6.54 Å². The summed E-state index contributed by atoms with van der Waals surface area (Å²) in [6.07, 6.45) is 10.2. The Morgan fingerprint density at radius 3 is 2.30 bits per heavy atom. The highest BCUT2D eigenvalue weighted by Crippen LogP contribution is 2.41. The van der Waals surface area contributed by atoms with E-state index < -0.39 is 5.41 Å². The van der Waals surface area contributed by atoms with Gasteiger partial charge in [0, 0.05) is 36.6 Å². The number of carbonyl (C=O) groups is 2. The smallest absolute Gasteiger partial charge is 0.230 e. The number of rotatable bonds is 7. The van der Waals surface area contributed by atoms with Gasteiger partial charge in [0.2, 0.25) is 11.8 Å². The Morgan fingerprint density at radius 1 is 1.03 bits per heavy atom. The van der Waals surface area contributed by atoms with Crippen molar-refractivity contribution in [3.63, 3.8) is 0 Å². The van der Waals surface area contributed by atoms with Crippen molar-refractivity contribution in [2.24, 2.45) is 17.6 Å². The normalized spacial score (nSPS) is 23.0. The summed E-state index contributed by atoms with van der Waals surface area (Å²) in [4.78, 5) is 29.8. The van der Waals surface area contributed by atoms with Crippen LogP contribution in [0.2, 0.25) is 0 Å². The topological polar surface area (TPSA) is 97.1 Å². The summed E-state index contributed by atoms with van der Waals surface area (Å²) in [5, 5.41) is 6.06. The van der Waals surface area contributed by atoms with Crippen LogP contribution in [0.1, 0.15) is 56.9 Å². The van der Waals surface area contributed by atoms with Crippen LogP contribution in [0.3, 0.4) is 0 Å². The van der Waals surface area contributed by atoms with Crippen LogP contribution in [0, 0.1) is 17.7 Å². The molecular formula is C26H33FN4O2. The number of carbonyl (C=O) groups excluding carboxylic acids is 2. The lowest BCUT2D eigenvalue weighted by Crippen LogP contribution is -2.49. The molecule has 2 saturated carbocycles. The molecule has 6 nitrogen and oxygen atoms in total. The first-order valence-corrected chi connectivity index (χ1v) is 12.0. The first-order valence-electron chi connectivity index (χ1n) is 12.0. The number of aromatic nitrogens is 1. The Hall–Kier alpha value is -2.80. The maximum Gasteiger partial charge on any atom is 0.230 e. The molecule has 0 bridgehead atoms. The van der Waals surface area contributed by atoms with Gasteiger partial charge >= 0.3 is 0 Å². The molecule has 4 N–H and O–H groups in total. The molecule has 1 heterocycles. The summed E-state index contributed by atoms with van der Waals surface area (Å²) >= 11 is 0. The zero-order chi connectivity index (χ0) is 23.3. The van der Waals surface area contributed by atoms with E-state index in [2.05, 4.69) is 15.6 Å². The Labute approximate surface area is 194 Å². The van der Waals surface area contributed by atoms with Crippen molar-refractivity contribution in [2.75, 3.05) is 11.9 Å². The molecule has 0 radical (unpaired) electrons. The van der Waals surface area contributed by atoms with Gasteiger partial charge < -0.3 is 16.4 Å². The predicted molar refractivity (Wildman–Crippen MR) is 126 cm³/mol. The Balaban J connectivity index is 1.27. The molecule has 1 unspecified atom stereocenters. The lowest BCUT2D eigenvalue weighted by Gasteiger charge is -2.33. The maximum absolute atomic E-state index is 13.4. The first-order chi connectivity index (χ1) is 16.0. The SMILES string of the molecule is NC(CNC(=O)C1(c2ccc(F)cc2)CCCC1)C1CCC(C(=O)Nc2ccncc2)CC1. The van der Waals surface area contributed by atoms with Gasteiger partial charge in [-0.3, -0.25) is 14.6 Å². The summed E-state index contributed by atoms with van der Waals surface area (Å²) in [6.45, 7) is 0.417. The summed E-state index contributed by atoms with van der Waals surface area (Å²) in [5.74, 6) is 0.00734. The number of nitrogens with zero attached hydrogens (tertiary/aromatic N) is 1. The molecule has 33 heavy (non-hydrogen) atoms. The number of hydrogen-bond donors (Lipinski definition) is 3. The number of hydrogen-bond acceptors (Lipinski definition) is 4. The van der Waals surface area contributed by atoms with E-state index in [1.165, 1.54) is 12.1 Å². The highest BCUT2D eigenvalue weighted by Gasteiger charge is 2.42.